The van der Waals surface area contributed by atoms with Crippen molar-refractivity contribution in [3.63, 3.8) is 0 Å². The van der Waals surface area contributed by atoms with Gasteiger partial charge in [0.25, 0.3) is 10.0 Å². The van der Waals surface area contributed by atoms with E-state index in [1.165, 1.54) is 24.3 Å². The van der Waals surface area contributed by atoms with Crippen molar-refractivity contribution in [2.24, 2.45) is 0 Å². The molecule has 2 aromatic carbocycles. The van der Waals surface area contributed by atoms with Crippen LogP contribution in [0.1, 0.15) is 19.8 Å². The topological polar surface area (TPSA) is 212 Å². The second kappa shape index (κ2) is 9.43. The first-order chi connectivity index (χ1) is 15.6. The van der Waals surface area contributed by atoms with Crippen molar-refractivity contribution < 1.29 is 27.7 Å². The third-order valence-corrected chi connectivity index (χ3v) is 5.71. The Bertz CT molecular complexity index is 1320. The van der Waals surface area contributed by atoms with Crippen LogP contribution in [0.5, 0.6) is 0 Å². The Morgan fingerprint density at radius 3 is 2.30 bits per heavy atom. The van der Waals surface area contributed by atoms with Gasteiger partial charge in [-0.1, -0.05) is 13.3 Å². The van der Waals surface area contributed by atoms with Gasteiger partial charge in [0.2, 0.25) is 5.52 Å². The van der Waals surface area contributed by atoms with E-state index in [1.807, 2.05) is 11.6 Å². The number of non-ortho nitro benzene ring substituents is 1. The first-order valence-corrected chi connectivity index (χ1v) is 10.9. The van der Waals surface area contributed by atoms with E-state index in [1.54, 1.807) is 0 Å². The average Bonchev–Trinajstić information content (AvgIpc) is 3.23. The summed E-state index contributed by atoms with van der Waals surface area (Å²) in [4.78, 5) is 32.5. The molecule has 1 aromatic heterocycles. The number of nitrogens with zero attached hydrogens (tertiary/aromatic N) is 4. The lowest BCUT2D eigenvalue weighted by atomic mass is 10.2. The van der Waals surface area contributed by atoms with Crippen LogP contribution in [0.25, 0.3) is 11.0 Å². The molecule has 0 saturated carbocycles. The van der Waals surface area contributed by atoms with Crippen molar-refractivity contribution in [2.75, 3.05) is 11.9 Å². The maximum atomic E-state index is 12.4. The van der Waals surface area contributed by atoms with Gasteiger partial charge in [-0.2, -0.15) is 0 Å². The zero-order valence-corrected chi connectivity index (χ0v) is 17.8. The number of carbonyl (C=O) groups excluding carboxylic acids is 1. The minimum atomic E-state index is -4.16. The molecule has 3 aromatic rings. The summed E-state index contributed by atoms with van der Waals surface area (Å²) in [6, 6.07) is 4.75. The monoisotopic (exact) mass is 479 g/mol. The van der Waals surface area contributed by atoms with E-state index in [-0.39, 0.29) is 27.3 Å². The number of nitro groups is 2. The van der Waals surface area contributed by atoms with Crippen LogP contribution >= 0.6 is 0 Å². The number of sulfonamides is 1. The molecule has 0 radical (unpaired) electrons. The Balaban J connectivity index is 1.87. The van der Waals surface area contributed by atoms with Crippen LogP contribution in [0.4, 0.5) is 27.5 Å². The smallest absolute Gasteiger partial charge is 0.328 e. The van der Waals surface area contributed by atoms with Crippen LogP contribution < -0.4 is 15.4 Å². The van der Waals surface area contributed by atoms with Crippen LogP contribution in [-0.2, 0) is 10.0 Å². The highest BCUT2D eigenvalue weighted by Gasteiger charge is 2.29. The van der Waals surface area contributed by atoms with E-state index in [4.69, 9.17) is 0 Å². The molecule has 0 unspecified atom stereocenters. The van der Waals surface area contributed by atoms with Crippen molar-refractivity contribution >= 4 is 49.8 Å². The van der Waals surface area contributed by atoms with Gasteiger partial charge >= 0.3 is 17.4 Å². The number of amides is 2. The summed E-state index contributed by atoms with van der Waals surface area (Å²) in [6.07, 6.45) is 1.52. The SMILES string of the molecule is CCCCNC(=O)NS(=O)(=O)c1ccc(Nc2c([N+](=O)[O-])cc([N+](=O)[O-])c3nonc23)cc1. The Hall–Kier alpha value is -4.34. The van der Waals surface area contributed by atoms with E-state index in [0.29, 0.717) is 13.0 Å². The summed E-state index contributed by atoms with van der Waals surface area (Å²) >= 11 is 0. The highest BCUT2D eigenvalue weighted by Crippen LogP contribution is 2.39. The number of carbonyl (C=O) groups is 1. The maximum absolute atomic E-state index is 12.4. The Morgan fingerprint density at radius 2 is 1.70 bits per heavy atom. The van der Waals surface area contributed by atoms with Crippen LogP contribution in [0, 0.1) is 20.2 Å². The first-order valence-electron chi connectivity index (χ1n) is 9.39. The van der Waals surface area contributed by atoms with Crippen molar-refractivity contribution in [2.45, 2.75) is 24.7 Å². The van der Waals surface area contributed by atoms with Gasteiger partial charge in [-0.15, -0.1) is 0 Å². The minimum Gasteiger partial charge on any atom is -0.348 e. The molecule has 0 aliphatic rings. The Labute approximate surface area is 185 Å². The lowest BCUT2D eigenvalue weighted by Gasteiger charge is -2.10. The normalized spacial score (nSPS) is 11.2. The molecule has 3 rings (SSSR count). The molecule has 174 valence electrons. The van der Waals surface area contributed by atoms with Gasteiger partial charge in [-0.25, -0.2) is 22.6 Å². The van der Waals surface area contributed by atoms with Crippen molar-refractivity contribution in [3.05, 3.63) is 50.6 Å². The number of nitrogens with one attached hydrogen (secondary N) is 3. The number of hydrogen-bond acceptors (Lipinski definition) is 11. The molecular formula is C17H17N7O8S. The molecule has 0 atom stereocenters. The predicted octanol–water partition coefficient (Wildman–Crippen LogP) is 2.57. The second-order valence-electron chi connectivity index (χ2n) is 6.63. The first kappa shape index (κ1) is 23.3. The second-order valence-corrected chi connectivity index (χ2v) is 8.31. The van der Waals surface area contributed by atoms with E-state index in [0.717, 1.165) is 12.5 Å². The van der Waals surface area contributed by atoms with Crippen molar-refractivity contribution in [1.29, 1.82) is 0 Å². The zero-order chi connectivity index (χ0) is 24.2. The van der Waals surface area contributed by atoms with Gasteiger partial charge in [0.1, 0.15) is 5.69 Å². The third kappa shape index (κ3) is 5.12. The standard InChI is InChI=1S/C17H17N7O8S/c1-2-3-8-18-17(25)22-33(30,31)11-6-4-10(5-7-11)19-14-12(23(26)27)9-13(24(28)29)15-16(14)21-32-20-15/h4-7,9,19H,2-3,8H2,1H3,(H2,18,22,25). The fourth-order valence-electron chi connectivity index (χ4n) is 2.78. The molecule has 15 nitrogen and oxygen atoms in total. The molecule has 0 bridgehead atoms. The van der Waals surface area contributed by atoms with Gasteiger partial charge in [0.05, 0.1) is 20.8 Å². The number of aromatic nitrogens is 2. The van der Waals surface area contributed by atoms with E-state index < -0.39 is 37.3 Å². The number of urea groups is 1. The summed E-state index contributed by atoms with van der Waals surface area (Å²) in [5, 5.41) is 34.7. The summed E-state index contributed by atoms with van der Waals surface area (Å²) in [5.74, 6) is 0. The molecule has 0 spiro atoms. The highest BCUT2D eigenvalue weighted by atomic mass is 32.2. The van der Waals surface area contributed by atoms with Gasteiger partial charge in [0.15, 0.2) is 5.52 Å². The summed E-state index contributed by atoms with van der Waals surface area (Å²) in [5.41, 5.74) is -1.91. The van der Waals surface area contributed by atoms with Crippen molar-refractivity contribution in [3.8, 4) is 0 Å². The molecular weight excluding hydrogens is 462 g/mol. The third-order valence-electron chi connectivity index (χ3n) is 4.37. The van der Waals surface area contributed by atoms with Crippen LogP contribution in [0.2, 0.25) is 0 Å². The zero-order valence-electron chi connectivity index (χ0n) is 17.0. The van der Waals surface area contributed by atoms with Crippen LogP contribution in [0.3, 0.4) is 0 Å². The fourth-order valence-corrected chi connectivity index (χ4v) is 3.70. The molecule has 16 heteroatoms. The molecule has 0 aliphatic carbocycles. The van der Waals surface area contributed by atoms with Gasteiger partial charge in [-0.3, -0.25) is 20.2 Å². The Kier molecular flexibility index (Phi) is 6.67. The predicted molar refractivity (Wildman–Crippen MR) is 113 cm³/mol. The minimum absolute atomic E-state index is 0.197. The van der Waals surface area contributed by atoms with Crippen LogP contribution in [0.15, 0.2) is 39.9 Å². The molecule has 0 saturated heterocycles. The van der Waals surface area contributed by atoms with E-state index in [2.05, 4.69) is 25.6 Å². The quantitative estimate of drug-likeness (QED) is 0.230. The molecule has 2 amide bonds. The molecule has 0 aliphatic heterocycles. The number of fused-ring (bicyclic) bond motifs is 1. The van der Waals surface area contributed by atoms with E-state index in [9.17, 15) is 33.4 Å². The lowest BCUT2D eigenvalue weighted by molar-refractivity contribution is -0.392. The molecule has 0 fully saturated rings. The van der Waals surface area contributed by atoms with Gasteiger partial charge in [0, 0.05) is 12.2 Å². The Morgan fingerprint density at radius 1 is 1.06 bits per heavy atom. The molecule has 33 heavy (non-hydrogen) atoms. The lowest BCUT2D eigenvalue weighted by Crippen LogP contribution is -2.39. The van der Waals surface area contributed by atoms with Gasteiger partial charge in [-0.05, 0) is 41.0 Å². The van der Waals surface area contributed by atoms with Gasteiger partial charge < -0.3 is 10.6 Å². The maximum Gasteiger partial charge on any atom is 0.328 e. The van der Waals surface area contributed by atoms with E-state index >= 15 is 0 Å². The number of nitro benzene ring substituents is 2. The average molecular weight is 479 g/mol. The molecule has 1 heterocycles. The number of anilines is 2. The number of unbranched alkanes of at least 4 members (excludes halogenated alkanes) is 1. The van der Waals surface area contributed by atoms with Crippen LogP contribution in [-0.4, -0.2) is 41.2 Å². The number of hydrogen-bond donors (Lipinski definition) is 3. The summed E-state index contributed by atoms with van der Waals surface area (Å²) in [6.45, 7) is 2.24. The summed E-state index contributed by atoms with van der Waals surface area (Å²) < 4.78 is 31.1. The number of benzene rings is 2. The highest BCUT2D eigenvalue weighted by molar-refractivity contribution is 7.90. The summed E-state index contributed by atoms with van der Waals surface area (Å²) in [7, 11) is -4.16. The fraction of sp³-hybridized carbons (Fsp3) is 0.235. The molecule has 3 N–H and O–H groups in total. The number of rotatable bonds is 9. The largest absolute Gasteiger partial charge is 0.348 e. The van der Waals surface area contributed by atoms with Crippen molar-refractivity contribution in [1.82, 2.24) is 20.4 Å².